The van der Waals surface area contributed by atoms with Crippen LogP contribution >= 0.6 is 0 Å². The molecule has 0 bridgehead atoms. The zero-order valence-electron chi connectivity index (χ0n) is 7.80. The molecule has 2 heteroatoms. The molecule has 1 aliphatic carbocycles. The molecule has 0 spiro atoms. The standard InChI is InChI=1S/C10H16O2/c1-7-5-6-10(2)8(11)3-4-9(10)12-7/h7,9H,3-6H2,1-2H3/t7-,9+,10+/m0/s1. The van der Waals surface area contributed by atoms with E-state index in [1.165, 1.54) is 0 Å². The van der Waals surface area contributed by atoms with Crippen LogP contribution < -0.4 is 0 Å². The Morgan fingerprint density at radius 2 is 2.25 bits per heavy atom. The van der Waals surface area contributed by atoms with Crippen molar-refractivity contribution in [1.29, 1.82) is 0 Å². The molecule has 2 nitrogen and oxygen atoms in total. The lowest BCUT2D eigenvalue weighted by atomic mass is 9.78. The van der Waals surface area contributed by atoms with Crippen LogP contribution in [-0.4, -0.2) is 18.0 Å². The highest BCUT2D eigenvalue weighted by molar-refractivity contribution is 5.87. The van der Waals surface area contributed by atoms with Crippen molar-refractivity contribution in [3.63, 3.8) is 0 Å². The average Bonchev–Trinajstić information content (AvgIpc) is 2.31. The summed E-state index contributed by atoms with van der Waals surface area (Å²) < 4.78 is 5.76. The first-order chi connectivity index (χ1) is 5.63. The first kappa shape index (κ1) is 8.24. The summed E-state index contributed by atoms with van der Waals surface area (Å²) in [5, 5.41) is 0. The Morgan fingerprint density at radius 3 is 3.00 bits per heavy atom. The quantitative estimate of drug-likeness (QED) is 0.552. The molecule has 68 valence electrons. The van der Waals surface area contributed by atoms with Crippen molar-refractivity contribution >= 4 is 5.78 Å². The van der Waals surface area contributed by atoms with Gasteiger partial charge in [0.05, 0.1) is 17.6 Å². The van der Waals surface area contributed by atoms with Gasteiger partial charge in [-0.05, 0) is 26.2 Å². The summed E-state index contributed by atoms with van der Waals surface area (Å²) in [5.41, 5.74) is -0.132. The lowest BCUT2D eigenvalue weighted by Gasteiger charge is -2.37. The Labute approximate surface area is 73.3 Å². The molecule has 0 N–H and O–H groups in total. The number of Topliss-reactive ketones (excluding diaryl/α,β-unsaturated/α-hetero) is 1. The van der Waals surface area contributed by atoms with E-state index in [1.54, 1.807) is 0 Å². The minimum Gasteiger partial charge on any atom is -0.374 e. The Morgan fingerprint density at radius 1 is 1.50 bits per heavy atom. The van der Waals surface area contributed by atoms with Crippen LogP contribution in [0.5, 0.6) is 0 Å². The molecule has 2 fully saturated rings. The van der Waals surface area contributed by atoms with Gasteiger partial charge in [0.2, 0.25) is 0 Å². The van der Waals surface area contributed by atoms with E-state index in [0.717, 1.165) is 25.7 Å². The molecule has 3 atom stereocenters. The second kappa shape index (κ2) is 2.56. The summed E-state index contributed by atoms with van der Waals surface area (Å²) in [6, 6.07) is 0. The summed E-state index contributed by atoms with van der Waals surface area (Å²) >= 11 is 0. The summed E-state index contributed by atoms with van der Waals surface area (Å²) in [6.45, 7) is 4.17. The van der Waals surface area contributed by atoms with Gasteiger partial charge in [-0.2, -0.15) is 0 Å². The fourth-order valence-electron chi connectivity index (χ4n) is 2.42. The van der Waals surface area contributed by atoms with Crippen molar-refractivity contribution in [3.8, 4) is 0 Å². The SMILES string of the molecule is C[C@H]1CC[C@]2(C)C(=O)CC[C@H]2O1. The smallest absolute Gasteiger partial charge is 0.141 e. The van der Waals surface area contributed by atoms with Crippen LogP contribution in [0.4, 0.5) is 0 Å². The van der Waals surface area contributed by atoms with Gasteiger partial charge in [0, 0.05) is 6.42 Å². The molecular weight excluding hydrogens is 152 g/mol. The first-order valence-electron chi connectivity index (χ1n) is 4.82. The summed E-state index contributed by atoms with van der Waals surface area (Å²) in [4.78, 5) is 11.6. The molecule has 0 radical (unpaired) electrons. The van der Waals surface area contributed by atoms with Gasteiger partial charge >= 0.3 is 0 Å². The third kappa shape index (κ3) is 1.01. The van der Waals surface area contributed by atoms with E-state index < -0.39 is 0 Å². The number of carbonyl (C=O) groups excluding carboxylic acids is 1. The van der Waals surface area contributed by atoms with Crippen molar-refractivity contribution in [2.75, 3.05) is 0 Å². The van der Waals surface area contributed by atoms with E-state index in [1.807, 2.05) is 0 Å². The third-order valence-electron chi connectivity index (χ3n) is 3.45. The topological polar surface area (TPSA) is 26.3 Å². The van der Waals surface area contributed by atoms with Crippen LogP contribution in [0.1, 0.15) is 39.5 Å². The van der Waals surface area contributed by atoms with Gasteiger partial charge < -0.3 is 4.74 Å². The molecule has 1 heterocycles. The normalized spacial score (nSPS) is 47.7. The zero-order valence-corrected chi connectivity index (χ0v) is 7.80. The summed E-state index contributed by atoms with van der Waals surface area (Å²) in [5.74, 6) is 0.416. The molecule has 0 unspecified atom stereocenters. The van der Waals surface area contributed by atoms with E-state index in [0.29, 0.717) is 11.9 Å². The van der Waals surface area contributed by atoms with E-state index in [9.17, 15) is 4.79 Å². The predicted molar refractivity (Wildman–Crippen MR) is 45.9 cm³/mol. The van der Waals surface area contributed by atoms with E-state index in [-0.39, 0.29) is 11.5 Å². The molecule has 0 aromatic carbocycles. The first-order valence-corrected chi connectivity index (χ1v) is 4.82. The molecule has 1 saturated carbocycles. The fraction of sp³-hybridized carbons (Fsp3) is 0.900. The van der Waals surface area contributed by atoms with Crippen molar-refractivity contribution in [3.05, 3.63) is 0 Å². The molecule has 12 heavy (non-hydrogen) atoms. The minimum absolute atomic E-state index is 0.132. The minimum atomic E-state index is -0.132. The third-order valence-corrected chi connectivity index (χ3v) is 3.45. The Hall–Kier alpha value is -0.370. The fourth-order valence-corrected chi connectivity index (χ4v) is 2.42. The van der Waals surface area contributed by atoms with Crippen LogP contribution in [0.25, 0.3) is 0 Å². The van der Waals surface area contributed by atoms with Crippen LogP contribution in [0.15, 0.2) is 0 Å². The lowest BCUT2D eigenvalue weighted by molar-refractivity contribution is -0.141. The summed E-state index contributed by atoms with van der Waals surface area (Å²) in [6.07, 6.45) is 4.31. The molecular formula is C10H16O2. The Balaban J connectivity index is 2.19. The van der Waals surface area contributed by atoms with Gasteiger partial charge in [-0.3, -0.25) is 4.79 Å². The molecule has 0 aromatic rings. The van der Waals surface area contributed by atoms with Gasteiger partial charge in [-0.15, -0.1) is 0 Å². The van der Waals surface area contributed by atoms with Gasteiger partial charge in [0.25, 0.3) is 0 Å². The maximum atomic E-state index is 11.6. The summed E-state index contributed by atoms with van der Waals surface area (Å²) in [7, 11) is 0. The number of ether oxygens (including phenoxy) is 1. The predicted octanol–water partition coefficient (Wildman–Crippen LogP) is 1.92. The maximum Gasteiger partial charge on any atom is 0.141 e. The highest BCUT2D eigenvalue weighted by atomic mass is 16.5. The molecule has 0 amide bonds. The van der Waals surface area contributed by atoms with Crippen LogP contribution in [0.3, 0.4) is 0 Å². The number of fused-ring (bicyclic) bond motifs is 1. The zero-order chi connectivity index (χ0) is 8.77. The number of ketones is 1. The lowest BCUT2D eigenvalue weighted by Crippen LogP contribution is -2.41. The maximum absolute atomic E-state index is 11.6. The van der Waals surface area contributed by atoms with Crippen LogP contribution in [0.2, 0.25) is 0 Å². The number of carbonyl (C=O) groups is 1. The average molecular weight is 168 g/mol. The molecule has 1 saturated heterocycles. The van der Waals surface area contributed by atoms with Gasteiger partial charge in [-0.25, -0.2) is 0 Å². The second-order valence-electron chi connectivity index (χ2n) is 4.35. The van der Waals surface area contributed by atoms with E-state index in [2.05, 4.69) is 13.8 Å². The monoisotopic (exact) mass is 168 g/mol. The highest BCUT2D eigenvalue weighted by Gasteiger charge is 2.49. The van der Waals surface area contributed by atoms with E-state index in [4.69, 9.17) is 4.74 Å². The van der Waals surface area contributed by atoms with Gasteiger partial charge in [0.15, 0.2) is 0 Å². The van der Waals surface area contributed by atoms with Crippen molar-refractivity contribution in [2.45, 2.75) is 51.7 Å². The highest BCUT2D eigenvalue weighted by Crippen LogP contribution is 2.44. The molecule has 2 aliphatic rings. The Bertz CT molecular complexity index is 212. The van der Waals surface area contributed by atoms with Crippen molar-refractivity contribution in [1.82, 2.24) is 0 Å². The molecule has 0 aromatic heterocycles. The van der Waals surface area contributed by atoms with Crippen LogP contribution in [0, 0.1) is 5.41 Å². The second-order valence-corrected chi connectivity index (χ2v) is 4.35. The molecule has 1 aliphatic heterocycles. The number of hydrogen-bond acceptors (Lipinski definition) is 2. The van der Waals surface area contributed by atoms with Gasteiger partial charge in [-0.1, -0.05) is 6.92 Å². The van der Waals surface area contributed by atoms with Crippen molar-refractivity contribution in [2.24, 2.45) is 5.41 Å². The number of rotatable bonds is 0. The van der Waals surface area contributed by atoms with Crippen LogP contribution in [-0.2, 0) is 9.53 Å². The Kier molecular flexibility index (Phi) is 1.76. The molecule has 2 rings (SSSR count). The largest absolute Gasteiger partial charge is 0.374 e. The number of hydrogen-bond donors (Lipinski definition) is 0. The van der Waals surface area contributed by atoms with E-state index >= 15 is 0 Å². The van der Waals surface area contributed by atoms with Gasteiger partial charge in [0.1, 0.15) is 5.78 Å². The van der Waals surface area contributed by atoms with Crippen molar-refractivity contribution < 1.29 is 9.53 Å².